The molecule has 0 fully saturated rings. The third kappa shape index (κ3) is 4.11. The van der Waals surface area contributed by atoms with E-state index in [4.69, 9.17) is 5.73 Å². The first kappa shape index (κ1) is 12.8. The zero-order valence-electron chi connectivity index (χ0n) is 9.86. The lowest BCUT2D eigenvalue weighted by molar-refractivity contribution is 0.0972. The molecule has 0 spiro atoms. The highest BCUT2D eigenvalue weighted by atomic mass is 16.1. The van der Waals surface area contributed by atoms with Crippen molar-refractivity contribution in [3.8, 4) is 0 Å². The first-order valence-corrected chi connectivity index (χ1v) is 5.91. The van der Waals surface area contributed by atoms with E-state index < -0.39 is 0 Å². The lowest BCUT2D eigenvalue weighted by Crippen LogP contribution is -2.10. The van der Waals surface area contributed by atoms with Crippen LogP contribution in [0.1, 0.15) is 43.0 Å². The second kappa shape index (κ2) is 7.12. The van der Waals surface area contributed by atoms with Gasteiger partial charge in [0.15, 0.2) is 5.78 Å². The van der Waals surface area contributed by atoms with Crippen molar-refractivity contribution >= 4 is 5.78 Å². The lowest BCUT2D eigenvalue weighted by atomic mass is 9.94. The molecule has 1 heterocycles. The van der Waals surface area contributed by atoms with E-state index >= 15 is 0 Å². The largest absolute Gasteiger partial charge is 0.330 e. The van der Waals surface area contributed by atoms with Gasteiger partial charge in [0, 0.05) is 24.4 Å². The second-order valence-electron chi connectivity index (χ2n) is 4.06. The fraction of sp³-hybridized carbons (Fsp3) is 0.538. The smallest absolute Gasteiger partial charge is 0.164 e. The Bertz CT molecular complexity index is 311. The highest BCUT2D eigenvalue weighted by Gasteiger charge is 2.10. The summed E-state index contributed by atoms with van der Waals surface area (Å²) >= 11 is 0. The molecule has 0 amide bonds. The highest BCUT2D eigenvalue weighted by Crippen LogP contribution is 2.16. The number of carbonyl (C=O) groups is 1. The number of nitrogens with zero attached hydrogens (tertiary/aromatic N) is 1. The molecule has 0 bridgehead atoms. The van der Waals surface area contributed by atoms with Crippen LogP contribution in [-0.2, 0) is 0 Å². The van der Waals surface area contributed by atoms with Crippen LogP contribution in [0.4, 0.5) is 0 Å². The molecule has 3 nitrogen and oxygen atoms in total. The summed E-state index contributed by atoms with van der Waals surface area (Å²) in [5.41, 5.74) is 6.24. The normalized spacial score (nSPS) is 12.4. The van der Waals surface area contributed by atoms with Crippen molar-refractivity contribution in [3.05, 3.63) is 30.1 Å². The van der Waals surface area contributed by atoms with E-state index in [0.717, 1.165) is 19.3 Å². The molecule has 16 heavy (non-hydrogen) atoms. The van der Waals surface area contributed by atoms with Crippen molar-refractivity contribution in [1.29, 1.82) is 0 Å². The molecule has 0 aliphatic heterocycles. The van der Waals surface area contributed by atoms with Gasteiger partial charge in [0.25, 0.3) is 0 Å². The van der Waals surface area contributed by atoms with Crippen LogP contribution in [0, 0.1) is 5.92 Å². The highest BCUT2D eigenvalue weighted by molar-refractivity contribution is 5.95. The van der Waals surface area contributed by atoms with Crippen molar-refractivity contribution in [1.82, 2.24) is 4.98 Å². The maximum absolute atomic E-state index is 11.8. The van der Waals surface area contributed by atoms with Crippen LogP contribution in [0.15, 0.2) is 24.5 Å². The lowest BCUT2D eigenvalue weighted by Gasteiger charge is -2.12. The van der Waals surface area contributed by atoms with Gasteiger partial charge in [-0.1, -0.05) is 13.3 Å². The number of hydrogen-bond acceptors (Lipinski definition) is 3. The first-order chi connectivity index (χ1) is 7.77. The molecule has 0 aliphatic carbocycles. The number of nitrogens with two attached hydrogens (primary N) is 1. The predicted octanol–water partition coefficient (Wildman–Crippen LogP) is 2.42. The minimum atomic E-state index is 0.184. The average Bonchev–Trinajstić information content (AvgIpc) is 2.35. The quantitative estimate of drug-likeness (QED) is 0.718. The molecule has 1 aromatic heterocycles. The molecular weight excluding hydrogens is 200 g/mol. The summed E-state index contributed by atoms with van der Waals surface area (Å²) in [6.45, 7) is 2.86. The van der Waals surface area contributed by atoms with Crippen molar-refractivity contribution in [2.75, 3.05) is 6.54 Å². The maximum Gasteiger partial charge on any atom is 0.164 e. The third-order valence-corrected chi connectivity index (χ3v) is 2.92. The molecule has 0 saturated heterocycles. The summed E-state index contributed by atoms with van der Waals surface area (Å²) < 4.78 is 0. The van der Waals surface area contributed by atoms with E-state index in [2.05, 4.69) is 11.9 Å². The van der Waals surface area contributed by atoms with Crippen LogP contribution in [0.2, 0.25) is 0 Å². The van der Waals surface area contributed by atoms with Crippen LogP contribution in [-0.4, -0.2) is 17.3 Å². The Balaban J connectivity index is 2.40. The number of aromatic nitrogens is 1. The Morgan fingerprint density at radius 2 is 2.31 bits per heavy atom. The standard InChI is InChI=1S/C13H20N2O/c1-2-11(7-8-14)5-6-13(16)12-4-3-9-15-10-12/h3-4,9-11H,2,5-8,14H2,1H3. The minimum Gasteiger partial charge on any atom is -0.330 e. The molecule has 1 unspecified atom stereocenters. The average molecular weight is 220 g/mol. The van der Waals surface area contributed by atoms with Crippen LogP contribution in [0.3, 0.4) is 0 Å². The maximum atomic E-state index is 11.8. The Morgan fingerprint density at radius 1 is 1.50 bits per heavy atom. The van der Waals surface area contributed by atoms with Gasteiger partial charge in [-0.3, -0.25) is 9.78 Å². The summed E-state index contributed by atoms with van der Waals surface area (Å²) in [5, 5.41) is 0. The van der Waals surface area contributed by atoms with Gasteiger partial charge in [0.2, 0.25) is 0 Å². The Morgan fingerprint density at radius 3 is 2.88 bits per heavy atom. The van der Waals surface area contributed by atoms with Gasteiger partial charge in [0.05, 0.1) is 0 Å². The van der Waals surface area contributed by atoms with Crippen molar-refractivity contribution in [2.24, 2.45) is 11.7 Å². The molecule has 2 N–H and O–H groups in total. The second-order valence-corrected chi connectivity index (χ2v) is 4.06. The van der Waals surface area contributed by atoms with Gasteiger partial charge in [-0.05, 0) is 37.4 Å². The van der Waals surface area contributed by atoms with Crippen molar-refractivity contribution < 1.29 is 4.79 Å². The van der Waals surface area contributed by atoms with Crippen LogP contribution >= 0.6 is 0 Å². The first-order valence-electron chi connectivity index (χ1n) is 5.91. The topological polar surface area (TPSA) is 56.0 Å². The zero-order chi connectivity index (χ0) is 11.8. The Labute approximate surface area is 97.1 Å². The van der Waals surface area contributed by atoms with Gasteiger partial charge in [-0.25, -0.2) is 0 Å². The number of Topliss-reactive ketones (excluding diaryl/α,β-unsaturated/α-hetero) is 1. The predicted molar refractivity (Wildman–Crippen MR) is 65.3 cm³/mol. The summed E-state index contributed by atoms with van der Waals surface area (Å²) in [6.07, 6.45) is 6.95. The monoisotopic (exact) mass is 220 g/mol. The molecule has 0 radical (unpaired) electrons. The zero-order valence-corrected chi connectivity index (χ0v) is 9.86. The van der Waals surface area contributed by atoms with E-state index in [9.17, 15) is 4.79 Å². The van der Waals surface area contributed by atoms with Gasteiger partial charge < -0.3 is 5.73 Å². The number of rotatable bonds is 7. The fourth-order valence-electron chi connectivity index (χ4n) is 1.80. The van der Waals surface area contributed by atoms with E-state index in [-0.39, 0.29) is 5.78 Å². The van der Waals surface area contributed by atoms with E-state index in [1.54, 1.807) is 18.5 Å². The summed E-state index contributed by atoms with van der Waals surface area (Å²) in [6, 6.07) is 3.61. The van der Waals surface area contributed by atoms with E-state index in [0.29, 0.717) is 24.4 Å². The molecule has 88 valence electrons. The summed E-state index contributed by atoms with van der Waals surface area (Å²) in [5.74, 6) is 0.759. The molecule has 0 aliphatic rings. The number of ketones is 1. The Hall–Kier alpha value is -1.22. The van der Waals surface area contributed by atoms with Crippen molar-refractivity contribution in [2.45, 2.75) is 32.6 Å². The van der Waals surface area contributed by atoms with Crippen LogP contribution in [0.25, 0.3) is 0 Å². The van der Waals surface area contributed by atoms with E-state index in [1.165, 1.54) is 0 Å². The molecule has 1 atom stereocenters. The van der Waals surface area contributed by atoms with E-state index in [1.807, 2.05) is 6.07 Å². The summed E-state index contributed by atoms with van der Waals surface area (Å²) in [7, 11) is 0. The van der Waals surface area contributed by atoms with Crippen LogP contribution in [0.5, 0.6) is 0 Å². The number of carbonyl (C=O) groups excluding carboxylic acids is 1. The van der Waals surface area contributed by atoms with Crippen molar-refractivity contribution in [3.63, 3.8) is 0 Å². The SMILES string of the molecule is CCC(CCN)CCC(=O)c1cccnc1. The van der Waals surface area contributed by atoms with Crippen LogP contribution < -0.4 is 5.73 Å². The minimum absolute atomic E-state index is 0.184. The van der Waals surface area contributed by atoms with Gasteiger partial charge >= 0.3 is 0 Å². The molecule has 0 saturated carbocycles. The molecular formula is C13H20N2O. The molecule has 3 heteroatoms. The van der Waals surface area contributed by atoms with Gasteiger partial charge in [-0.2, -0.15) is 0 Å². The summed E-state index contributed by atoms with van der Waals surface area (Å²) in [4.78, 5) is 15.7. The molecule has 1 rings (SSSR count). The number of pyridine rings is 1. The Kier molecular flexibility index (Phi) is 5.72. The van der Waals surface area contributed by atoms with Gasteiger partial charge in [-0.15, -0.1) is 0 Å². The number of hydrogen-bond donors (Lipinski definition) is 1. The van der Waals surface area contributed by atoms with Gasteiger partial charge in [0.1, 0.15) is 0 Å². The fourth-order valence-corrected chi connectivity index (χ4v) is 1.80. The molecule has 0 aromatic carbocycles. The third-order valence-electron chi connectivity index (χ3n) is 2.92. The molecule has 1 aromatic rings.